The van der Waals surface area contributed by atoms with Crippen LogP contribution in [0.2, 0.25) is 0 Å². The fourth-order valence-electron chi connectivity index (χ4n) is 4.36. The summed E-state index contributed by atoms with van der Waals surface area (Å²) >= 11 is 0. The lowest BCUT2D eigenvalue weighted by Crippen LogP contribution is -2.32. The third-order valence-electron chi connectivity index (χ3n) is 6.12. The molecule has 2 aliphatic rings. The Balaban J connectivity index is 1.55. The number of methoxy groups -OCH3 is 1. The van der Waals surface area contributed by atoms with Crippen LogP contribution in [-0.2, 0) is 11.3 Å². The van der Waals surface area contributed by atoms with E-state index < -0.39 is 17.5 Å². The van der Waals surface area contributed by atoms with E-state index in [2.05, 4.69) is 0 Å². The van der Waals surface area contributed by atoms with Gasteiger partial charge in [0.25, 0.3) is 0 Å². The molecule has 1 atom stereocenters. The number of ether oxygens (including phenoxy) is 3. The normalized spacial score (nSPS) is 16.6. The molecule has 1 aliphatic carbocycles. The predicted molar refractivity (Wildman–Crippen MR) is 127 cm³/mol. The van der Waals surface area contributed by atoms with Crippen LogP contribution in [-0.4, -0.2) is 18.7 Å². The molecule has 0 spiro atoms. The molecule has 2 N–H and O–H groups in total. The zero-order valence-corrected chi connectivity index (χ0v) is 19.1. The fraction of sp³-hybridized carbons (Fsp3) is 0.107. The van der Waals surface area contributed by atoms with Crippen molar-refractivity contribution in [3.05, 3.63) is 118 Å². The lowest BCUT2D eigenvalue weighted by molar-refractivity contribution is 0.0897. The zero-order valence-electron chi connectivity index (χ0n) is 19.1. The summed E-state index contributed by atoms with van der Waals surface area (Å²) in [7, 11) is 1.46. The van der Waals surface area contributed by atoms with Crippen molar-refractivity contribution in [1.29, 1.82) is 5.26 Å². The van der Waals surface area contributed by atoms with E-state index >= 15 is 0 Å². The number of allylic oxidation sites excluding steroid dienone is 3. The van der Waals surface area contributed by atoms with Crippen molar-refractivity contribution in [2.45, 2.75) is 12.5 Å². The van der Waals surface area contributed by atoms with E-state index in [4.69, 9.17) is 19.9 Å². The maximum Gasteiger partial charge on any atom is 0.229 e. The molecule has 0 saturated heterocycles. The molecule has 8 heteroatoms. The number of halogens is 1. The van der Waals surface area contributed by atoms with Crippen LogP contribution in [0.15, 0.2) is 89.5 Å². The highest BCUT2D eigenvalue weighted by molar-refractivity contribution is 6.27. The monoisotopic (exact) mass is 482 g/mol. The topological polar surface area (TPSA) is 112 Å². The lowest BCUT2D eigenvalue weighted by Gasteiger charge is -2.31. The Hall–Kier alpha value is -4.90. The Morgan fingerprint density at radius 1 is 1.00 bits per heavy atom. The Bertz CT molecular complexity index is 1520. The van der Waals surface area contributed by atoms with E-state index in [1.165, 1.54) is 19.2 Å². The minimum absolute atomic E-state index is 0.0105. The molecular formula is C28H19FN2O5. The first-order valence-corrected chi connectivity index (χ1v) is 11.0. The van der Waals surface area contributed by atoms with Gasteiger partial charge in [-0.05, 0) is 35.4 Å². The summed E-state index contributed by atoms with van der Waals surface area (Å²) in [5.74, 6) is -1.85. The van der Waals surface area contributed by atoms with Crippen LogP contribution in [0.1, 0.15) is 37.8 Å². The van der Waals surface area contributed by atoms with Gasteiger partial charge in [-0.1, -0.05) is 42.5 Å². The van der Waals surface area contributed by atoms with Crippen molar-refractivity contribution in [2.75, 3.05) is 7.11 Å². The van der Waals surface area contributed by atoms with E-state index in [0.29, 0.717) is 17.1 Å². The van der Waals surface area contributed by atoms with Crippen molar-refractivity contribution in [3.63, 3.8) is 0 Å². The van der Waals surface area contributed by atoms with Crippen molar-refractivity contribution in [2.24, 2.45) is 5.73 Å². The molecule has 36 heavy (non-hydrogen) atoms. The second-order valence-corrected chi connectivity index (χ2v) is 8.20. The Labute approximate surface area is 205 Å². The number of fused-ring (bicyclic) bond motifs is 1. The average Bonchev–Trinajstić information content (AvgIpc) is 2.90. The smallest absolute Gasteiger partial charge is 0.229 e. The van der Waals surface area contributed by atoms with Gasteiger partial charge in [-0.2, -0.15) is 5.26 Å². The molecule has 0 aromatic heterocycles. The SMILES string of the molecule is COc1cc([C@H]2C(C#N)=C(N)OC3=C2C(=O)c2ccccc2C3=O)ccc1OCc1ccc(F)cc1. The molecule has 0 fully saturated rings. The zero-order chi connectivity index (χ0) is 25.4. The lowest BCUT2D eigenvalue weighted by atomic mass is 9.75. The molecular weight excluding hydrogens is 463 g/mol. The van der Waals surface area contributed by atoms with Crippen LogP contribution in [0.25, 0.3) is 0 Å². The highest BCUT2D eigenvalue weighted by Crippen LogP contribution is 2.45. The second kappa shape index (κ2) is 9.04. The number of carbonyl (C=O) groups is 2. The molecule has 0 saturated carbocycles. The maximum absolute atomic E-state index is 13.5. The molecule has 0 radical (unpaired) electrons. The summed E-state index contributed by atoms with van der Waals surface area (Å²) in [6.45, 7) is 0.169. The van der Waals surface area contributed by atoms with E-state index in [9.17, 15) is 19.2 Å². The summed E-state index contributed by atoms with van der Waals surface area (Å²) in [5.41, 5.74) is 7.80. The largest absolute Gasteiger partial charge is 0.493 e. The second-order valence-electron chi connectivity index (χ2n) is 8.20. The van der Waals surface area contributed by atoms with Crippen LogP contribution >= 0.6 is 0 Å². The molecule has 3 aromatic rings. The molecule has 0 unspecified atom stereocenters. The first kappa shape index (κ1) is 22.9. The first-order chi connectivity index (χ1) is 17.4. The van der Waals surface area contributed by atoms with Crippen molar-refractivity contribution >= 4 is 11.6 Å². The van der Waals surface area contributed by atoms with Crippen LogP contribution in [0.5, 0.6) is 11.5 Å². The minimum atomic E-state index is -0.941. The van der Waals surface area contributed by atoms with Gasteiger partial charge in [0.15, 0.2) is 23.0 Å². The van der Waals surface area contributed by atoms with Gasteiger partial charge < -0.3 is 19.9 Å². The van der Waals surface area contributed by atoms with E-state index in [1.807, 2.05) is 6.07 Å². The van der Waals surface area contributed by atoms with Crippen molar-refractivity contribution in [3.8, 4) is 17.6 Å². The van der Waals surface area contributed by atoms with Gasteiger partial charge in [0, 0.05) is 11.1 Å². The fourth-order valence-corrected chi connectivity index (χ4v) is 4.36. The average molecular weight is 482 g/mol. The summed E-state index contributed by atoms with van der Waals surface area (Å²) in [6.07, 6.45) is 0. The molecule has 5 rings (SSSR count). The van der Waals surface area contributed by atoms with Gasteiger partial charge in [-0.3, -0.25) is 9.59 Å². The van der Waals surface area contributed by atoms with Gasteiger partial charge >= 0.3 is 0 Å². The Morgan fingerprint density at radius 2 is 1.69 bits per heavy atom. The van der Waals surface area contributed by atoms with Crippen LogP contribution in [0, 0.1) is 17.1 Å². The number of Topliss-reactive ketones (excluding diaryl/α,β-unsaturated/α-hetero) is 2. The Morgan fingerprint density at radius 3 is 2.36 bits per heavy atom. The molecule has 7 nitrogen and oxygen atoms in total. The standard InChI is InChI=1S/C28H19FN2O5/c1-34-22-12-16(8-11-21(22)35-14-15-6-9-17(29)10-7-15)23-20(13-30)28(31)36-27-24(23)25(32)18-4-2-3-5-19(18)26(27)33/h2-12,23H,14,31H2,1H3/t23-/m0/s1. The van der Waals surface area contributed by atoms with E-state index in [0.717, 1.165) is 5.56 Å². The van der Waals surface area contributed by atoms with Gasteiger partial charge in [0.1, 0.15) is 24.1 Å². The summed E-state index contributed by atoms with van der Waals surface area (Å²) < 4.78 is 30.1. The van der Waals surface area contributed by atoms with Crippen molar-refractivity contribution < 1.29 is 28.2 Å². The van der Waals surface area contributed by atoms with Gasteiger partial charge in [0.2, 0.25) is 11.7 Å². The number of nitrogens with two attached hydrogens (primary N) is 1. The van der Waals surface area contributed by atoms with E-state index in [-0.39, 0.29) is 46.3 Å². The molecule has 178 valence electrons. The predicted octanol–water partition coefficient (Wildman–Crippen LogP) is 4.55. The number of hydrogen-bond donors (Lipinski definition) is 1. The summed E-state index contributed by atoms with van der Waals surface area (Å²) in [6, 6.07) is 19.3. The number of nitriles is 1. The highest BCUT2D eigenvalue weighted by Gasteiger charge is 2.43. The summed E-state index contributed by atoms with van der Waals surface area (Å²) in [5, 5.41) is 9.87. The number of ketones is 2. The molecule has 0 bridgehead atoms. The number of carbonyl (C=O) groups excluding carboxylic acids is 2. The van der Waals surface area contributed by atoms with Gasteiger partial charge in [-0.25, -0.2) is 4.39 Å². The van der Waals surface area contributed by atoms with Gasteiger partial charge in [0.05, 0.1) is 18.6 Å². The number of hydrogen-bond acceptors (Lipinski definition) is 7. The quantitative estimate of drug-likeness (QED) is 0.568. The summed E-state index contributed by atoms with van der Waals surface area (Å²) in [4.78, 5) is 26.7. The Kier molecular flexibility index (Phi) is 5.74. The maximum atomic E-state index is 13.5. The molecule has 1 heterocycles. The molecule has 1 aliphatic heterocycles. The third kappa shape index (κ3) is 3.77. The molecule has 0 amide bonds. The van der Waals surface area contributed by atoms with E-state index in [1.54, 1.807) is 54.6 Å². The van der Waals surface area contributed by atoms with Crippen molar-refractivity contribution in [1.82, 2.24) is 0 Å². The van der Waals surface area contributed by atoms with Crippen LogP contribution < -0.4 is 15.2 Å². The highest BCUT2D eigenvalue weighted by atomic mass is 19.1. The number of rotatable bonds is 5. The number of nitrogens with zero attached hydrogens (tertiary/aromatic N) is 1. The van der Waals surface area contributed by atoms with Gasteiger partial charge in [-0.15, -0.1) is 0 Å². The first-order valence-electron chi connectivity index (χ1n) is 11.0. The minimum Gasteiger partial charge on any atom is -0.493 e. The third-order valence-corrected chi connectivity index (χ3v) is 6.12. The number of benzene rings is 3. The van der Waals surface area contributed by atoms with Crippen LogP contribution in [0.4, 0.5) is 4.39 Å². The van der Waals surface area contributed by atoms with Crippen LogP contribution in [0.3, 0.4) is 0 Å². The molecule has 3 aromatic carbocycles.